The standard InChI is InChI=1S/C20H21N9O2/c21-11-17-19(25-13-4-3-5-14(10-13)29-23-8-9-24-29)28-18(12-22-17)26-15-6-1-2-7-16(15)27-20(30)31/h3-5,8-10,12,15-16,27H,1-2,6-7H2,(H,30,31)(H2,25,26,28)/t15-,16+/m1/s1. The van der Waals surface area contributed by atoms with E-state index in [9.17, 15) is 10.1 Å². The van der Waals surface area contributed by atoms with Gasteiger partial charge in [0.15, 0.2) is 11.5 Å². The summed E-state index contributed by atoms with van der Waals surface area (Å²) in [4.78, 5) is 21.3. The Morgan fingerprint density at radius 1 is 1.19 bits per heavy atom. The number of hydrogen-bond donors (Lipinski definition) is 4. The lowest BCUT2D eigenvalue weighted by atomic mass is 9.90. The molecule has 0 aliphatic heterocycles. The van der Waals surface area contributed by atoms with Crippen molar-refractivity contribution >= 4 is 23.4 Å². The van der Waals surface area contributed by atoms with Crippen LogP contribution in [-0.4, -0.2) is 48.2 Å². The fourth-order valence-corrected chi connectivity index (χ4v) is 3.65. The number of carboxylic acid groups (broad SMARTS) is 1. The maximum Gasteiger partial charge on any atom is 0.404 e. The van der Waals surface area contributed by atoms with E-state index in [1.165, 1.54) is 11.0 Å². The smallest absolute Gasteiger partial charge is 0.404 e. The van der Waals surface area contributed by atoms with Crippen LogP contribution in [0.4, 0.5) is 22.1 Å². The first kappa shape index (κ1) is 20.1. The highest BCUT2D eigenvalue weighted by molar-refractivity contribution is 5.66. The molecule has 11 nitrogen and oxygen atoms in total. The van der Waals surface area contributed by atoms with Crippen LogP contribution in [0.2, 0.25) is 0 Å². The molecule has 1 aliphatic rings. The lowest BCUT2D eigenvalue weighted by molar-refractivity contribution is 0.184. The number of amides is 1. The molecule has 0 radical (unpaired) electrons. The van der Waals surface area contributed by atoms with Crippen molar-refractivity contribution in [1.29, 1.82) is 5.26 Å². The third-order valence-electron chi connectivity index (χ3n) is 5.05. The van der Waals surface area contributed by atoms with Gasteiger partial charge in [-0.3, -0.25) is 0 Å². The van der Waals surface area contributed by atoms with Crippen LogP contribution in [0.5, 0.6) is 0 Å². The number of rotatable bonds is 6. The number of carbonyl (C=O) groups is 1. The predicted octanol–water partition coefficient (Wildman–Crippen LogP) is 2.66. The number of nitrogens with one attached hydrogen (secondary N) is 3. The fourth-order valence-electron chi connectivity index (χ4n) is 3.65. The van der Waals surface area contributed by atoms with E-state index in [0.29, 0.717) is 17.3 Å². The van der Waals surface area contributed by atoms with Gasteiger partial charge in [0.05, 0.1) is 30.3 Å². The van der Waals surface area contributed by atoms with E-state index in [1.807, 2.05) is 30.3 Å². The third kappa shape index (κ3) is 4.87. The number of anilines is 3. The van der Waals surface area contributed by atoms with Crippen molar-refractivity contribution in [2.45, 2.75) is 37.8 Å². The predicted molar refractivity (Wildman–Crippen MR) is 112 cm³/mol. The van der Waals surface area contributed by atoms with E-state index >= 15 is 0 Å². The minimum atomic E-state index is -1.04. The number of nitriles is 1. The Labute approximate surface area is 178 Å². The molecule has 1 amide bonds. The molecular formula is C20H21N9O2. The molecule has 0 saturated heterocycles. The summed E-state index contributed by atoms with van der Waals surface area (Å²) < 4.78 is 0. The first-order valence-corrected chi connectivity index (χ1v) is 9.89. The number of benzene rings is 1. The molecule has 1 aliphatic carbocycles. The number of aromatic nitrogens is 5. The second kappa shape index (κ2) is 9.08. The average Bonchev–Trinajstić information content (AvgIpc) is 3.30. The molecule has 4 rings (SSSR count). The van der Waals surface area contributed by atoms with Crippen molar-refractivity contribution < 1.29 is 9.90 Å². The van der Waals surface area contributed by atoms with Crippen molar-refractivity contribution in [2.75, 3.05) is 10.6 Å². The van der Waals surface area contributed by atoms with Crippen LogP contribution in [0.1, 0.15) is 31.4 Å². The molecule has 31 heavy (non-hydrogen) atoms. The summed E-state index contributed by atoms with van der Waals surface area (Å²) in [5.41, 5.74) is 1.60. The van der Waals surface area contributed by atoms with Crippen molar-refractivity contribution in [3.8, 4) is 11.8 Å². The van der Waals surface area contributed by atoms with Crippen molar-refractivity contribution in [3.63, 3.8) is 0 Å². The van der Waals surface area contributed by atoms with Crippen molar-refractivity contribution in [1.82, 2.24) is 30.3 Å². The summed E-state index contributed by atoms with van der Waals surface area (Å²) in [7, 11) is 0. The normalized spacial score (nSPS) is 18.0. The van der Waals surface area contributed by atoms with E-state index in [1.54, 1.807) is 12.4 Å². The lowest BCUT2D eigenvalue weighted by Crippen LogP contribution is -2.48. The van der Waals surface area contributed by atoms with Gasteiger partial charge in [0, 0.05) is 11.7 Å². The molecule has 3 aromatic rings. The third-order valence-corrected chi connectivity index (χ3v) is 5.05. The van der Waals surface area contributed by atoms with Crippen LogP contribution in [0.25, 0.3) is 5.69 Å². The van der Waals surface area contributed by atoms with Gasteiger partial charge >= 0.3 is 6.09 Å². The molecule has 4 N–H and O–H groups in total. The van der Waals surface area contributed by atoms with Gasteiger partial charge in [-0.15, -0.1) is 0 Å². The fraction of sp³-hybridized carbons (Fsp3) is 0.300. The van der Waals surface area contributed by atoms with E-state index in [2.05, 4.69) is 36.1 Å². The summed E-state index contributed by atoms with van der Waals surface area (Å²) in [6.45, 7) is 0. The zero-order valence-electron chi connectivity index (χ0n) is 16.6. The Morgan fingerprint density at radius 3 is 2.71 bits per heavy atom. The second-order valence-electron chi connectivity index (χ2n) is 7.15. The van der Waals surface area contributed by atoms with E-state index in [0.717, 1.165) is 31.4 Å². The highest BCUT2D eigenvalue weighted by Crippen LogP contribution is 2.24. The molecule has 158 valence electrons. The van der Waals surface area contributed by atoms with Gasteiger partial charge in [-0.05, 0) is 31.0 Å². The molecule has 0 spiro atoms. The Morgan fingerprint density at radius 2 is 1.97 bits per heavy atom. The quantitative estimate of drug-likeness (QED) is 0.472. The van der Waals surface area contributed by atoms with Crippen LogP contribution in [-0.2, 0) is 0 Å². The summed E-state index contributed by atoms with van der Waals surface area (Å²) >= 11 is 0. The molecule has 1 aromatic carbocycles. The summed E-state index contributed by atoms with van der Waals surface area (Å²) in [5, 5.41) is 35.7. The molecule has 0 unspecified atom stereocenters. The van der Waals surface area contributed by atoms with Crippen LogP contribution >= 0.6 is 0 Å². The van der Waals surface area contributed by atoms with Crippen LogP contribution in [0, 0.1) is 11.3 Å². The van der Waals surface area contributed by atoms with Crippen molar-refractivity contribution in [3.05, 3.63) is 48.5 Å². The van der Waals surface area contributed by atoms with E-state index in [-0.39, 0.29) is 17.8 Å². The summed E-state index contributed by atoms with van der Waals surface area (Å²) in [6, 6.07) is 9.09. The van der Waals surface area contributed by atoms with Gasteiger partial charge in [0.2, 0.25) is 0 Å². The number of hydrogen-bond acceptors (Lipinski definition) is 8. The highest BCUT2D eigenvalue weighted by Gasteiger charge is 2.27. The monoisotopic (exact) mass is 419 g/mol. The molecule has 11 heteroatoms. The average molecular weight is 419 g/mol. The van der Waals surface area contributed by atoms with Crippen molar-refractivity contribution in [2.24, 2.45) is 0 Å². The van der Waals surface area contributed by atoms with Gasteiger partial charge < -0.3 is 21.1 Å². The molecule has 1 fully saturated rings. The first-order valence-electron chi connectivity index (χ1n) is 9.89. The first-order chi connectivity index (χ1) is 15.1. The van der Waals surface area contributed by atoms with E-state index in [4.69, 9.17) is 5.11 Å². The van der Waals surface area contributed by atoms with Gasteiger partial charge in [0.1, 0.15) is 11.9 Å². The molecule has 0 bridgehead atoms. The van der Waals surface area contributed by atoms with Gasteiger partial charge in [-0.2, -0.15) is 20.3 Å². The molecule has 1 saturated carbocycles. The van der Waals surface area contributed by atoms with E-state index < -0.39 is 6.09 Å². The molecule has 2 heterocycles. The SMILES string of the molecule is N#Cc1ncc(N[C@@H]2CCCC[C@@H]2NC(=O)O)nc1Nc1cccc(-n2nccn2)c1. The van der Waals surface area contributed by atoms with Crippen LogP contribution in [0.15, 0.2) is 42.9 Å². The molecule has 2 aromatic heterocycles. The number of nitrogens with zero attached hydrogens (tertiary/aromatic N) is 6. The molecule has 2 atom stereocenters. The summed E-state index contributed by atoms with van der Waals surface area (Å²) in [6.07, 6.45) is 7.16. The maximum absolute atomic E-state index is 11.1. The Balaban J connectivity index is 1.55. The maximum atomic E-state index is 11.1. The lowest BCUT2D eigenvalue weighted by Gasteiger charge is -2.32. The van der Waals surface area contributed by atoms with Crippen LogP contribution < -0.4 is 16.0 Å². The van der Waals surface area contributed by atoms with Gasteiger partial charge in [0.25, 0.3) is 0 Å². The minimum Gasteiger partial charge on any atom is -0.465 e. The highest BCUT2D eigenvalue weighted by atomic mass is 16.4. The Hall–Kier alpha value is -4.20. The molecular weight excluding hydrogens is 398 g/mol. The van der Waals surface area contributed by atoms with Crippen LogP contribution in [0.3, 0.4) is 0 Å². The Kier molecular flexibility index (Phi) is 5.89. The minimum absolute atomic E-state index is 0.103. The zero-order chi connectivity index (χ0) is 21.6. The Bertz CT molecular complexity index is 1090. The summed E-state index contributed by atoms with van der Waals surface area (Å²) in [5.74, 6) is 0.770. The largest absolute Gasteiger partial charge is 0.465 e. The zero-order valence-corrected chi connectivity index (χ0v) is 16.6. The second-order valence-corrected chi connectivity index (χ2v) is 7.15. The topological polar surface area (TPSA) is 154 Å². The van der Waals surface area contributed by atoms with Gasteiger partial charge in [-0.25, -0.2) is 14.8 Å². The van der Waals surface area contributed by atoms with Gasteiger partial charge in [-0.1, -0.05) is 18.9 Å².